The molecule has 106 valence electrons. The van der Waals surface area contributed by atoms with E-state index >= 15 is 0 Å². The molecule has 0 unspecified atom stereocenters. The summed E-state index contributed by atoms with van der Waals surface area (Å²) in [6, 6.07) is 5.78. The van der Waals surface area contributed by atoms with Gasteiger partial charge in [-0.1, -0.05) is 6.92 Å². The van der Waals surface area contributed by atoms with Crippen molar-refractivity contribution in [3.05, 3.63) is 36.4 Å². The van der Waals surface area contributed by atoms with Gasteiger partial charge in [-0.3, -0.25) is 4.79 Å². The molecule has 0 bridgehead atoms. The van der Waals surface area contributed by atoms with Gasteiger partial charge in [-0.15, -0.1) is 0 Å². The van der Waals surface area contributed by atoms with E-state index in [4.69, 9.17) is 0 Å². The molecule has 20 heavy (non-hydrogen) atoms. The molecule has 2 rings (SSSR count). The summed E-state index contributed by atoms with van der Waals surface area (Å²) in [6.45, 7) is 4.90. The third kappa shape index (κ3) is 3.81. The Bertz CT molecular complexity index is 565. The molecule has 0 saturated heterocycles. The number of rotatable bonds is 6. The Morgan fingerprint density at radius 3 is 2.70 bits per heavy atom. The molecule has 0 radical (unpaired) electrons. The fourth-order valence-electron chi connectivity index (χ4n) is 1.78. The molecule has 2 heterocycles. The van der Waals surface area contributed by atoms with E-state index in [2.05, 4.69) is 20.6 Å². The predicted molar refractivity (Wildman–Crippen MR) is 77.9 cm³/mol. The van der Waals surface area contributed by atoms with Gasteiger partial charge in [-0.25, -0.2) is 9.97 Å². The van der Waals surface area contributed by atoms with Crippen molar-refractivity contribution in [3.8, 4) is 5.82 Å². The van der Waals surface area contributed by atoms with Crippen LogP contribution in [0.25, 0.3) is 5.82 Å². The summed E-state index contributed by atoms with van der Waals surface area (Å²) < 4.78 is 1.93. The van der Waals surface area contributed by atoms with Crippen molar-refractivity contribution in [3.63, 3.8) is 0 Å². The first-order chi connectivity index (χ1) is 9.69. The summed E-state index contributed by atoms with van der Waals surface area (Å²) in [6.07, 6.45) is 4.38. The summed E-state index contributed by atoms with van der Waals surface area (Å²) in [5, 5.41) is 6.00. The smallest absolute Gasteiger partial charge is 0.219 e. The number of nitrogens with one attached hydrogen (secondary N) is 2. The molecule has 2 aromatic heterocycles. The van der Waals surface area contributed by atoms with Gasteiger partial charge in [0.25, 0.3) is 0 Å². The Morgan fingerprint density at radius 2 is 2.00 bits per heavy atom. The van der Waals surface area contributed by atoms with Gasteiger partial charge in [0.1, 0.15) is 17.5 Å². The first-order valence-corrected chi connectivity index (χ1v) is 6.68. The normalized spacial score (nSPS) is 10.3. The monoisotopic (exact) mass is 273 g/mol. The number of hydrogen-bond acceptors (Lipinski definition) is 4. The SMILES string of the molecule is CCC(=O)NCCNc1cc(-n2cccc2)nc(C)n1. The average molecular weight is 273 g/mol. The summed E-state index contributed by atoms with van der Waals surface area (Å²) >= 11 is 0. The number of aromatic nitrogens is 3. The third-order valence-electron chi connectivity index (χ3n) is 2.77. The van der Waals surface area contributed by atoms with E-state index in [-0.39, 0.29) is 5.91 Å². The van der Waals surface area contributed by atoms with Crippen LogP contribution in [0.15, 0.2) is 30.6 Å². The van der Waals surface area contributed by atoms with Crippen LogP contribution in [0.2, 0.25) is 0 Å². The second-order valence-electron chi connectivity index (χ2n) is 4.38. The summed E-state index contributed by atoms with van der Waals surface area (Å²) in [4.78, 5) is 19.8. The maximum atomic E-state index is 11.1. The standard InChI is InChI=1S/C14H19N5O/c1-3-14(20)16-7-6-15-12-10-13(18-11(2)17-12)19-8-4-5-9-19/h4-5,8-10H,3,6-7H2,1-2H3,(H,16,20)(H,15,17,18). The molecule has 0 aromatic carbocycles. The molecule has 0 aliphatic carbocycles. The average Bonchev–Trinajstić information content (AvgIpc) is 2.97. The number of anilines is 1. The van der Waals surface area contributed by atoms with Crippen LogP contribution < -0.4 is 10.6 Å². The zero-order chi connectivity index (χ0) is 14.4. The maximum Gasteiger partial charge on any atom is 0.219 e. The van der Waals surface area contributed by atoms with E-state index in [9.17, 15) is 4.79 Å². The molecule has 0 atom stereocenters. The molecule has 2 N–H and O–H groups in total. The Labute approximate surface area is 118 Å². The van der Waals surface area contributed by atoms with Crippen molar-refractivity contribution in [2.24, 2.45) is 0 Å². The van der Waals surface area contributed by atoms with Gasteiger partial charge in [0.15, 0.2) is 0 Å². The second-order valence-corrected chi connectivity index (χ2v) is 4.38. The highest BCUT2D eigenvalue weighted by atomic mass is 16.1. The number of hydrogen-bond donors (Lipinski definition) is 2. The van der Waals surface area contributed by atoms with Gasteiger partial charge in [-0.05, 0) is 19.1 Å². The lowest BCUT2D eigenvalue weighted by Crippen LogP contribution is -2.28. The van der Waals surface area contributed by atoms with Crippen LogP contribution >= 0.6 is 0 Å². The summed E-state index contributed by atoms with van der Waals surface area (Å²) in [5.74, 6) is 2.34. The Balaban J connectivity index is 1.97. The van der Waals surface area contributed by atoms with Gasteiger partial charge in [0.05, 0.1) is 0 Å². The van der Waals surface area contributed by atoms with E-state index in [1.54, 1.807) is 0 Å². The molecule has 0 aliphatic heterocycles. The highest BCUT2D eigenvalue weighted by Crippen LogP contribution is 2.10. The molecule has 6 nitrogen and oxygen atoms in total. The van der Waals surface area contributed by atoms with E-state index in [1.165, 1.54) is 0 Å². The number of carbonyl (C=O) groups excluding carboxylic acids is 1. The van der Waals surface area contributed by atoms with Crippen LogP contribution in [0.3, 0.4) is 0 Å². The van der Waals surface area contributed by atoms with Gasteiger partial charge in [-0.2, -0.15) is 0 Å². The van der Waals surface area contributed by atoms with E-state index in [0.29, 0.717) is 25.3 Å². The highest BCUT2D eigenvalue weighted by Gasteiger charge is 2.03. The lowest BCUT2D eigenvalue weighted by molar-refractivity contribution is -0.120. The molecular weight excluding hydrogens is 254 g/mol. The minimum absolute atomic E-state index is 0.0544. The third-order valence-corrected chi connectivity index (χ3v) is 2.77. The van der Waals surface area contributed by atoms with Crippen LogP contribution in [0.5, 0.6) is 0 Å². The van der Waals surface area contributed by atoms with Crippen LogP contribution in [-0.2, 0) is 4.79 Å². The van der Waals surface area contributed by atoms with Crippen molar-refractivity contribution in [1.82, 2.24) is 19.9 Å². The van der Waals surface area contributed by atoms with Crippen LogP contribution in [0.1, 0.15) is 19.2 Å². The minimum Gasteiger partial charge on any atom is -0.368 e. The van der Waals surface area contributed by atoms with Gasteiger partial charge in [0.2, 0.25) is 5.91 Å². The number of amides is 1. The molecule has 0 aliphatic rings. The fourth-order valence-corrected chi connectivity index (χ4v) is 1.78. The number of carbonyl (C=O) groups is 1. The zero-order valence-electron chi connectivity index (χ0n) is 11.8. The Kier molecular flexibility index (Phi) is 4.70. The van der Waals surface area contributed by atoms with Gasteiger partial charge < -0.3 is 15.2 Å². The number of nitrogens with zero attached hydrogens (tertiary/aromatic N) is 3. The van der Waals surface area contributed by atoms with Crippen molar-refractivity contribution < 1.29 is 4.79 Å². The van der Waals surface area contributed by atoms with Crippen LogP contribution in [-0.4, -0.2) is 33.5 Å². The number of aryl methyl sites for hydroxylation is 1. The van der Waals surface area contributed by atoms with Crippen LogP contribution in [0, 0.1) is 6.92 Å². The van der Waals surface area contributed by atoms with E-state index in [1.807, 2.05) is 49.0 Å². The van der Waals surface area contributed by atoms with Crippen molar-refractivity contribution >= 4 is 11.7 Å². The minimum atomic E-state index is 0.0544. The summed E-state index contributed by atoms with van der Waals surface area (Å²) in [7, 11) is 0. The predicted octanol–water partition coefficient (Wildman–Crippen LogP) is 1.51. The van der Waals surface area contributed by atoms with Gasteiger partial charge in [0, 0.05) is 38.0 Å². The summed E-state index contributed by atoms with van der Waals surface area (Å²) in [5.41, 5.74) is 0. The molecule has 1 amide bonds. The van der Waals surface area contributed by atoms with E-state index in [0.717, 1.165) is 11.6 Å². The second kappa shape index (κ2) is 6.70. The fraction of sp³-hybridized carbons (Fsp3) is 0.357. The topological polar surface area (TPSA) is 71.8 Å². The molecule has 2 aromatic rings. The lowest BCUT2D eigenvalue weighted by atomic mass is 10.4. The quantitative estimate of drug-likeness (QED) is 0.783. The van der Waals surface area contributed by atoms with E-state index < -0.39 is 0 Å². The molecule has 0 spiro atoms. The zero-order valence-corrected chi connectivity index (χ0v) is 11.8. The molecule has 6 heteroatoms. The van der Waals surface area contributed by atoms with Crippen LogP contribution in [0.4, 0.5) is 5.82 Å². The molecule has 0 saturated carbocycles. The van der Waals surface area contributed by atoms with Crippen molar-refractivity contribution in [2.75, 3.05) is 18.4 Å². The van der Waals surface area contributed by atoms with Crippen molar-refractivity contribution in [1.29, 1.82) is 0 Å². The van der Waals surface area contributed by atoms with Gasteiger partial charge >= 0.3 is 0 Å². The first-order valence-electron chi connectivity index (χ1n) is 6.68. The highest BCUT2D eigenvalue weighted by molar-refractivity contribution is 5.75. The largest absolute Gasteiger partial charge is 0.368 e. The van der Waals surface area contributed by atoms with Crippen molar-refractivity contribution in [2.45, 2.75) is 20.3 Å². The Hall–Kier alpha value is -2.37. The maximum absolute atomic E-state index is 11.1. The Morgan fingerprint density at radius 1 is 1.25 bits per heavy atom. The lowest BCUT2D eigenvalue weighted by Gasteiger charge is -2.09. The molecule has 0 fully saturated rings. The molecular formula is C14H19N5O. The first kappa shape index (κ1) is 14.0.